The normalized spacial score (nSPS) is 15.8. The minimum Gasteiger partial charge on any atom is -0.394 e. The van der Waals surface area contributed by atoms with Crippen LogP contribution < -0.4 is 10.6 Å². The van der Waals surface area contributed by atoms with E-state index in [0.717, 1.165) is 32.7 Å². The summed E-state index contributed by atoms with van der Waals surface area (Å²) in [6.07, 6.45) is 0. The number of urea groups is 1. The zero-order chi connectivity index (χ0) is 10.9. The maximum Gasteiger partial charge on any atom is 0.317 e. The maximum atomic E-state index is 11.1. The van der Waals surface area contributed by atoms with Crippen LogP contribution in [0.1, 0.15) is 0 Å². The third-order valence-electron chi connectivity index (χ3n) is 2.16. The molecule has 88 valence electrons. The molecule has 1 saturated heterocycles. The Kier molecular flexibility index (Phi) is 6.06. The quantitative estimate of drug-likeness (QED) is 0.438. The lowest BCUT2D eigenvalue weighted by atomic mass is 10.5. The molecule has 3 N–H and O–H groups in total. The molecule has 6 heteroatoms. The standard InChI is InChI=1S/C9H19N3O3/c13-6-8-15-7-3-10-1-4-12-5-2-11-9(12)14/h10,13H,1-8H2,(H,11,14). The molecule has 1 aliphatic heterocycles. The summed E-state index contributed by atoms with van der Waals surface area (Å²) in [6, 6.07) is 0.0216. The molecule has 0 unspecified atom stereocenters. The van der Waals surface area contributed by atoms with Crippen molar-refractivity contribution in [1.29, 1.82) is 0 Å². The second-order valence-corrected chi connectivity index (χ2v) is 3.30. The number of nitrogens with one attached hydrogen (secondary N) is 2. The van der Waals surface area contributed by atoms with Crippen molar-refractivity contribution < 1.29 is 14.6 Å². The number of nitrogens with zero attached hydrogens (tertiary/aromatic N) is 1. The second kappa shape index (κ2) is 7.44. The maximum absolute atomic E-state index is 11.1. The van der Waals surface area contributed by atoms with Crippen molar-refractivity contribution in [2.45, 2.75) is 0 Å². The lowest BCUT2D eigenvalue weighted by molar-refractivity contribution is 0.0938. The van der Waals surface area contributed by atoms with Gasteiger partial charge in [0.1, 0.15) is 0 Å². The molecule has 0 aromatic heterocycles. The van der Waals surface area contributed by atoms with Crippen LogP contribution in [0.15, 0.2) is 0 Å². The fourth-order valence-electron chi connectivity index (χ4n) is 1.37. The Labute approximate surface area is 89.6 Å². The fourth-order valence-corrected chi connectivity index (χ4v) is 1.37. The summed E-state index contributed by atoms with van der Waals surface area (Å²) in [5.41, 5.74) is 0. The molecule has 2 amide bonds. The van der Waals surface area contributed by atoms with E-state index in [2.05, 4.69) is 10.6 Å². The highest BCUT2D eigenvalue weighted by molar-refractivity contribution is 5.76. The Hall–Kier alpha value is -0.850. The highest BCUT2D eigenvalue weighted by Crippen LogP contribution is 1.93. The molecule has 0 aromatic carbocycles. The van der Waals surface area contributed by atoms with Gasteiger partial charge in [-0.1, -0.05) is 0 Å². The van der Waals surface area contributed by atoms with E-state index in [4.69, 9.17) is 9.84 Å². The first kappa shape index (κ1) is 12.2. The number of carbonyl (C=O) groups excluding carboxylic acids is 1. The first-order chi connectivity index (χ1) is 7.34. The second-order valence-electron chi connectivity index (χ2n) is 3.30. The fraction of sp³-hybridized carbons (Fsp3) is 0.889. The summed E-state index contributed by atoms with van der Waals surface area (Å²) in [6.45, 7) is 4.83. The molecule has 0 aromatic rings. The number of aliphatic hydroxyl groups excluding tert-OH is 1. The van der Waals surface area contributed by atoms with Crippen LogP contribution >= 0.6 is 0 Å². The van der Waals surface area contributed by atoms with Crippen LogP contribution in [0.4, 0.5) is 4.79 Å². The number of hydrogen-bond acceptors (Lipinski definition) is 4. The Bertz CT molecular complexity index is 189. The molecule has 0 saturated carbocycles. The molecule has 1 fully saturated rings. The van der Waals surface area contributed by atoms with Crippen LogP contribution in [-0.4, -0.2) is 68.6 Å². The summed E-state index contributed by atoms with van der Waals surface area (Å²) in [5.74, 6) is 0. The largest absolute Gasteiger partial charge is 0.394 e. The SMILES string of the molecule is O=C1NCCN1CCNCCOCCO. The number of aliphatic hydroxyl groups is 1. The van der Waals surface area contributed by atoms with Gasteiger partial charge in [0.05, 0.1) is 19.8 Å². The molecule has 0 radical (unpaired) electrons. The first-order valence-corrected chi connectivity index (χ1v) is 5.26. The number of carbonyl (C=O) groups is 1. The van der Waals surface area contributed by atoms with Crippen molar-refractivity contribution in [1.82, 2.24) is 15.5 Å². The molecular formula is C9H19N3O3. The predicted molar refractivity (Wildman–Crippen MR) is 55.7 cm³/mol. The molecule has 15 heavy (non-hydrogen) atoms. The average molecular weight is 217 g/mol. The van der Waals surface area contributed by atoms with E-state index >= 15 is 0 Å². The molecule has 1 aliphatic rings. The van der Waals surface area contributed by atoms with E-state index in [1.54, 1.807) is 4.90 Å². The monoisotopic (exact) mass is 217 g/mol. The summed E-state index contributed by atoms with van der Waals surface area (Å²) in [5, 5.41) is 14.4. The number of hydrogen-bond donors (Lipinski definition) is 3. The van der Waals surface area contributed by atoms with E-state index in [1.807, 2.05) is 0 Å². The highest BCUT2D eigenvalue weighted by Gasteiger charge is 2.17. The molecule has 1 rings (SSSR count). The van der Waals surface area contributed by atoms with Crippen LogP contribution in [-0.2, 0) is 4.74 Å². The highest BCUT2D eigenvalue weighted by atomic mass is 16.5. The summed E-state index contributed by atoms with van der Waals surface area (Å²) < 4.78 is 5.07. The molecule has 0 atom stereocenters. The van der Waals surface area contributed by atoms with Crippen LogP contribution in [0.25, 0.3) is 0 Å². The molecule has 0 bridgehead atoms. The molecular weight excluding hydrogens is 198 g/mol. The third-order valence-corrected chi connectivity index (χ3v) is 2.16. The first-order valence-electron chi connectivity index (χ1n) is 5.26. The van der Waals surface area contributed by atoms with Crippen molar-refractivity contribution in [3.8, 4) is 0 Å². The lowest BCUT2D eigenvalue weighted by Crippen LogP contribution is -2.35. The molecule has 6 nitrogen and oxygen atoms in total. The van der Waals surface area contributed by atoms with Crippen molar-refractivity contribution >= 4 is 6.03 Å². The van der Waals surface area contributed by atoms with Gasteiger partial charge in [-0.3, -0.25) is 0 Å². The topological polar surface area (TPSA) is 73.8 Å². The third kappa shape index (κ3) is 4.96. The van der Waals surface area contributed by atoms with Crippen molar-refractivity contribution in [3.63, 3.8) is 0 Å². The summed E-state index contributed by atoms with van der Waals surface area (Å²) >= 11 is 0. The van der Waals surface area contributed by atoms with Gasteiger partial charge in [-0.05, 0) is 0 Å². The molecule has 1 heterocycles. The van der Waals surface area contributed by atoms with Gasteiger partial charge in [0.2, 0.25) is 0 Å². The van der Waals surface area contributed by atoms with Crippen LogP contribution in [0, 0.1) is 0 Å². The molecule has 0 spiro atoms. The number of rotatable bonds is 8. The Morgan fingerprint density at radius 2 is 2.33 bits per heavy atom. The molecule has 0 aliphatic carbocycles. The van der Waals surface area contributed by atoms with Gasteiger partial charge in [0.15, 0.2) is 0 Å². The van der Waals surface area contributed by atoms with E-state index in [9.17, 15) is 4.79 Å². The van der Waals surface area contributed by atoms with Crippen LogP contribution in [0.2, 0.25) is 0 Å². The van der Waals surface area contributed by atoms with E-state index in [0.29, 0.717) is 13.2 Å². The van der Waals surface area contributed by atoms with E-state index in [1.165, 1.54) is 0 Å². The van der Waals surface area contributed by atoms with Gasteiger partial charge in [-0.25, -0.2) is 4.79 Å². The van der Waals surface area contributed by atoms with Crippen LogP contribution in [0.3, 0.4) is 0 Å². The van der Waals surface area contributed by atoms with Gasteiger partial charge < -0.3 is 25.4 Å². The van der Waals surface area contributed by atoms with Crippen LogP contribution in [0.5, 0.6) is 0 Å². The van der Waals surface area contributed by atoms with Gasteiger partial charge in [-0.2, -0.15) is 0 Å². The summed E-state index contributed by atoms with van der Waals surface area (Å²) in [7, 11) is 0. The van der Waals surface area contributed by atoms with Gasteiger partial charge in [0.25, 0.3) is 0 Å². The van der Waals surface area contributed by atoms with Crippen molar-refractivity contribution in [2.75, 3.05) is 52.5 Å². The predicted octanol–water partition coefficient (Wildman–Crippen LogP) is -1.39. The van der Waals surface area contributed by atoms with Gasteiger partial charge in [0, 0.05) is 32.7 Å². The zero-order valence-corrected chi connectivity index (χ0v) is 8.87. The van der Waals surface area contributed by atoms with E-state index in [-0.39, 0.29) is 12.6 Å². The lowest BCUT2D eigenvalue weighted by Gasteiger charge is -2.14. The average Bonchev–Trinajstić information content (AvgIpc) is 2.63. The van der Waals surface area contributed by atoms with Gasteiger partial charge >= 0.3 is 6.03 Å². The van der Waals surface area contributed by atoms with E-state index < -0.39 is 0 Å². The smallest absolute Gasteiger partial charge is 0.317 e. The Morgan fingerprint density at radius 3 is 3.00 bits per heavy atom. The summed E-state index contributed by atoms with van der Waals surface area (Å²) in [4.78, 5) is 12.9. The zero-order valence-electron chi connectivity index (χ0n) is 8.87. The van der Waals surface area contributed by atoms with Crippen molar-refractivity contribution in [3.05, 3.63) is 0 Å². The minimum absolute atomic E-state index is 0.0216. The number of amides is 2. The van der Waals surface area contributed by atoms with Gasteiger partial charge in [-0.15, -0.1) is 0 Å². The number of ether oxygens (including phenoxy) is 1. The Morgan fingerprint density at radius 1 is 1.47 bits per heavy atom. The Balaban J connectivity index is 1.86. The minimum atomic E-state index is 0.0216. The van der Waals surface area contributed by atoms with Crippen molar-refractivity contribution in [2.24, 2.45) is 0 Å².